The Balaban J connectivity index is 4.42. The average Bonchev–Trinajstić information content (AvgIpc) is 2.37. The Kier molecular flexibility index (Phi) is 9.88. The summed E-state index contributed by atoms with van der Waals surface area (Å²) in [5.41, 5.74) is 0. The van der Waals surface area contributed by atoms with E-state index in [0.717, 1.165) is 12.8 Å². The van der Waals surface area contributed by atoms with Crippen LogP contribution in [0.4, 0.5) is 0 Å². The van der Waals surface area contributed by atoms with Gasteiger partial charge in [-0.2, -0.15) is 5.26 Å². The van der Waals surface area contributed by atoms with Crippen LogP contribution in [0.15, 0.2) is 0 Å². The predicted molar refractivity (Wildman–Crippen MR) is 72.5 cm³/mol. The van der Waals surface area contributed by atoms with Gasteiger partial charge in [0, 0.05) is 21.3 Å². The van der Waals surface area contributed by atoms with Gasteiger partial charge in [-0.1, -0.05) is 32.6 Å². The zero-order valence-electron chi connectivity index (χ0n) is 11.2. The first-order valence-corrected chi connectivity index (χ1v) is 8.59. The van der Waals surface area contributed by atoms with Crippen LogP contribution in [0, 0.1) is 10.7 Å². The maximum absolute atomic E-state index is 8.86. The van der Waals surface area contributed by atoms with E-state index in [1.165, 1.54) is 31.0 Å². The molecule has 0 saturated heterocycles. The molecule has 0 bridgehead atoms. The number of unbranched alkanes of at least 4 members (excludes halogenated alkanes) is 3. The summed E-state index contributed by atoms with van der Waals surface area (Å²) in [6.45, 7) is 2.18. The highest BCUT2D eigenvalue weighted by atomic mass is 32.2. The molecule has 4 nitrogen and oxygen atoms in total. The van der Waals surface area contributed by atoms with Crippen LogP contribution >= 0.6 is 11.8 Å². The van der Waals surface area contributed by atoms with Crippen LogP contribution in [0.1, 0.15) is 39.0 Å². The molecule has 0 N–H and O–H groups in total. The van der Waals surface area contributed by atoms with Crippen molar-refractivity contribution >= 4 is 20.6 Å². The summed E-state index contributed by atoms with van der Waals surface area (Å²) >= 11 is 1.21. The second-order valence-electron chi connectivity index (χ2n) is 3.76. The summed E-state index contributed by atoms with van der Waals surface area (Å²) < 4.78 is 16.3. The van der Waals surface area contributed by atoms with E-state index >= 15 is 0 Å². The van der Waals surface area contributed by atoms with Crippen molar-refractivity contribution in [3.63, 3.8) is 0 Å². The van der Waals surface area contributed by atoms with E-state index in [9.17, 15) is 0 Å². The van der Waals surface area contributed by atoms with Crippen molar-refractivity contribution in [1.29, 1.82) is 5.26 Å². The van der Waals surface area contributed by atoms with Gasteiger partial charge in [-0.05, 0) is 18.2 Å². The second kappa shape index (κ2) is 9.92. The summed E-state index contributed by atoms with van der Waals surface area (Å²) in [5.74, 6) is 0. The maximum Gasteiger partial charge on any atom is 0.514 e. The lowest BCUT2D eigenvalue weighted by Crippen LogP contribution is -2.52. The van der Waals surface area contributed by atoms with E-state index in [1.807, 2.05) is 0 Å². The van der Waals surface area contributed by atoms with Crippen molar-refractivity contribution in [2.24, 2.45) is 0 Å². The molecule has 0 aliphatic rings. The zero-order chi connectivity index (χ0) is 13.1. The summed E-state index contributed by atoms with van der Waals surface area (Å²) in [4.78, 5) is 0.00403. The molecule has 1 unspecified atom stereocenters. The third-order valence-electron chi connectivity index (χ3n) is 2.76. The Hall–Kier alpha value is -0.0631. The lowest BCUT2D eigenvalue weighted by atomic mass is 10.2. The summed E-state index contributed by atoms with van der Waals surface area (Å²) in [5, 5.41) is 11.0. The molecule has 100 valence electrons. The number of thioether (sulfide) groups is 1. The van der Waals surface area contributed by atoms with Crippen molar-refractivity contribution in [1.82, 2.24) is 0 Å². The largest absolute Gasteiger partial charge is 0.514 e. The van der Waals surface area contributed by atoms with Crippen LogP contribution in [0.5, 0.6) is 0 Å². The van der Waals surface area contributed by atoms with E-state index in [1.54, 1.807) is 21.3 Å². The third kappa shape index (κ3) is 5.40. The molecule has 0 aromatic carbocycles. The molecule has 1 atom stereocenters. The summed E-state index contributed by atoms with van der Waals surface area (Å²) in [6.07, 6.45) is 5.60. The first kappa shape index (κ1) is 16.9. The van der Waals surface area contributed by atoms with Crippen molar-refractivity contribution in [2.75, 3.05) is 21.3 Å². The molecule has 0 spiro atoms. The molecule has 0 heterocycles. The number of thiocyanates is 1. The van der Waals surface area contributed by atoms with Crippen LogP contribution in [-0.2, 0) is 13.3 Å². The zero-order valence-corrected chi connectivity index (χ0v) is 13.0. The van der Waals surface area contributed by atoms with E-state index in [2.05, 4.69) is 12.3 Å². The fourth-order valence-electron chi connectivity index (χ4n) is 1.77. The van der Waals surface area contributed by atoms with Gasteiger partial charge in [-0.3, -0.25) is 0 Å². The molecule has 6 heteroatoms. The minimum absolute atomic E-state index is 0.00403. The van der Waals surface area contributed by atoms with Crippen LogP contribution < -0.4 is 0 Å². The van der Waals surface area contributed by atoms with Gasteiger partial charge in [0.05, 0.1) is 4.87 Å². The van der Waals surface area contributed by atoms with E-state index in [0.29, 0.717) is 0 Å². The van der Waals surface area contributed by atoms with E-state index in [-0.39, 0.29) is 4.87 Å². The Labute approximate surface area is 110 Å². The van der Waals surface area contributed by atoms with E-state index in [4.69, 9.17) is 18.5 Å². The molecule has 0 radical (unpaired) electrons. The molecule has 0 aromatic rings. The molecular weight excluding hydrogens is 254 g/mol. The first-order chi connectivity index (χ1) is 8.20. The van der Waals surface area contributed by atoms with Crippen LogP contribution in [0.25, 0.3) is 0 Å². The summed E-state index contributed by atoms with van der Waals surface area (Å²) in [6, 6.07) is 0. The van der Waals surface area contributed by atoms with Crippen molar-refractivity contribution in [2.45, 2.75) is 43.9 Å². The molecule has 0 amide bonds. The maximum atomic E-state index is 8.86. The van der Waals surface area contributed by atoms with Gasteiger partial charge in [0.25, 0.3) is 0 Å². The lowest BCUT2D eigenvalue weighted by molar-refractivity contribution is 0.120. The Morgan fingerprint density at radius 1 is 1.12 bits per heavy atom. The normalized spacial score (nSPS) is 13.4. The SMILES string of the molecule is CCCCCCC(SC#N)[Si](OC)(OC)OC. The Morgan fingerprint density at radius 3 is 2.12 bits per heavy atom. The number of nitriles is 1. The highest BCUT2D eigenvalue weighted by Crippen LogP contribution is 2.28. The number of nitrogens with zero attached hydrogens (tertiary/aromatic N) is 1. The van der Waals surface area contributed by atoms with E-state index < -0.39 is 8.80 Å². The molecule has 0 aliphatic carbocycles. The molecule has 0 rings (SSSR count). The molecule has 0 fully saturated rings. The van der Waals surface area contributed by atoms with Gasteiger partial charge in [0.15, 0.2) is 0 Å². The fraction of sp³-hybridized carbons (Fsp3) is 0.909. The molecule has 0 aliphatic heterocycles. The summed E-state index contributed by atoms with van der Waals surface area (Å²) in [7, 11) is 2.09. The number of rotatable bonds is 10. The highest BCUT2D eigenvalue weighted by Gasteiger charge is 2.47. The Bertz CT molecular complexity index is 223. The highest BCUT2D eigenvalue weighted by molar-refractivity contribution is 8.05. The quantitative estimate of drug-likeness (QED) is 0.349. The fourth-order valence-corrected chi connectivity index (χ4v) is 5.63. The van der Waals surface area contributed by atoms with Gasteiger partial charge in [0.1, 0.15) is 5.40 Å². The minimum atomic E-state index is -2.69. The van der Waals surface area contributed by atoms with Gasteiger partial charge >= 0.3 is 8.80 Å². The van der Waals surface area contributed by atoms with Gasteiger partial charge in [-0.15, -0.1) is 0 Å². The van der Waals surface area contributed by atoms with Crippen molar-refractivity contribution in [3.05, 3.63) is 0 Å². The average molecular weight is 277 g/mol. The van der Waals surface area contributed by atoms with Crippen molar-refractivity contribution in [3.8, 4) is 5.40 Å². The van der Waals surface area contributed by atoms with Gasteiger partial charge in [0.2, 0.25) is 0 Å². The van der Waals surface area contributed by atoms with Gasteiger partial charge in [-0.25, -0.2) is 0 Å². The smallest absolute Gasteiger partial charge is 0.376 e. The van der Waals surface area contributed by atoms with Crippen LogP contribution in [-0.4, -0.2) is 35.0 Å². The standard InChI is InChI=1S/C11H23NO3SSi/c1-5-6-7-8-9-11(16-10-12)17(13-2,14-3)15-4/h11H,5-9H2,1-4H3. The molecular formula is C11H23NO3SSi. The number of hydrogen-bond donors (Lipinski definition) is 0. The predicted octanol–water partition coefficient (Wildman–Crippen LogP) is 2.96. The first-order valence-electron chi connectivity index (χ1n) is 5.90. The van der Waals surface area contributed by atoms with Crippen LogP contribution in [0.2, 0.25) is 0 Å². The monoisotopic (exact) mass is 277 g/mol. The minimum Gasteiger partial charge on any atom is -0.376 e. The van der Waals surface area contributed by atoms with Crippen LogP contribution in [0.3, 0.4) is 0 Å². The second-order valence-corrected chi connectivity index (χ2v) is 8.30. The third-order valence-corrected chi connectivity index (χ3v) is 7.39. The van der Waals surface area contributed by atoms with Crippen molar-refractivity contribution < 1.29 is 13.3 Å². The molecule has 0 saturated carbocycles. The lowest BCUT2D eigenvalue weighted by Gasteiger charge is -2.30. The van der Waals surface area contributed by atoms with Gasteiger partial charge < -0.3 is 13.3 Å². The topological polar surface area (TPSA) is 51.5 Å². The molecule has 17 heavy (non-hydrogen) atoms. The Morgan fingerprint density at radius 2 is 1.71 bits per heavy atom. The molecule has 0 aromatic heterocycles. The number of hydrogen-bond acceptors (Lipinski definition) is 5.